The Morgan fingerprint density at radius 3 is 2.53 bits per heavy atom. The lowest BCUT2D eigenvalue weighted by atomic mass is 9.76. The first-order valence-electron chi connectivity index (χ1n) is 7.17. The average Bonchev–Trinajstić information content (AvgIpc) is 2.39. The van der Waals surface area contributed by atoms with Crippen molar-refractivity contribution in [2.75, 3.05) is 13.1 Å². The van der Waals surface area contributed by atoms with Crippen molar-refractivity contribution < 1.29 is 14.7 Å². The highest BCUT2D eigenvalue weighted by molar-refractivity contribution is 5.90. The Morgan fingerprint density at radius 2 is 2.11 bits per heavy atom. The predicted molar refractivity (Wildman–Crippen MR) is 73.9 cm³/mol. The van der Waals surface area contributed by atoms with Gasteiger partial charge < -0.3 is 15.7 Å². The maximum absolute atomic E-state index is 12.5. The number of nitrogens with one attached hydrogen (secondary N) is 2. The summed E-state index contributed by atoms with van der Waals surface area (Å²) in [7, 11) is 0. The Labute approximate surface area is 115 Å². The minimum absolute atomic E-state index is 0.124. The summed E-state index contributed by atoms with van der Waals surface area (Å²) >= 11 is 0. The normalized spacial score (nSPS) is 26.5. The summed E-state index contributed by atoms with van der Waals surface area (Å²) in [6, 6.07) is 0. The van der Waals surface area contributed by atoms with E-state index in [9.17, 15) is 14.7 Å². The highest BCUT2D eigenvalue weighted by Crippen LogP contribution is 2.31. The van der Waals surface area contributed by atoms with Gasteiger partial charge in [-0.05, 0) is 39.2 Å². The van der Waals surface area contributed by atoms with E-state index < -0.39 is 16.9 Å². The first-order valence-corrected chi connectivity index (χ1v) is 7.17. The second-order valence-corrected chi connectivity index (χ2v) is 5.76. The first kappa shape index (κ1) is 16.0. The molecule has 2 atom stereocenters. The van der Waals surface area contributed by atoms with Crippen LogP contribution in [0.25, 0.3) is 0 Å². The number of aliphatic carboxylic acids is 1. The molecule has 0 aromatic carbocycles. The summed E-state index contributed by atoms with van der Waals surface area (Å²) in [5.74, 6) is -1.08. The van der Waals surface area contributed by atoms with E-state index in [1.54, 1.807) is 6.92 Å². The van der Waals surface area contributed by atoms with E-state index in [-0.39, 0.29) is 5.91 Å². The van der Waals surface area contributed by atoms with Crippen molar-refractivity contribution in [1.29, 1.82) is 0 Å². The molecule has 5 nitrogen and oxygen atoms in total. The molecular formula is C14H26N2O3. The monoisotopic (exact) mass is 270 g/mol. The van der Waals surface area contributed by atoms with Gasteiger partial charge in [0.25, 0.3) is 0 Å². The zero-order valence-corrected chi connectivity index (χ0v) is 12.2. The third-order valence-corrected chi connectivity index (χ3v) is 4.24. The van der Waals surface area contributed by atoms with E-state index in [4.69, 9.17) is 0 Å². The largest absolute Gasteiger partial charge is 0.480 e. The Hall–Kier alpha value is -1.10. The van der Waals surface area contributed by atoms with Gasteiger partial charge in [-0.25, -0.2) is 4.79 Å². The zero-order valence-electron chi connectivity index (χ0n) is 12.2. The highest BCUT2D eigenvalue weighted by atomic mass is 16.4. The van der Waals surface area contributed by atoms with Crippen LogP contribution in [-0.2, 0) is 9.59 Å². The molecule has 1 heterocycles. The van der Waals surface area contributed by atoms with Crippen molar-refractivity contribution in [3.63, 3.8) is 0 Å². The first-order chi connectivity index (χ1) is 8.90. The third kappa shape index (κ3) is 3.47. The number of piperidine rings is 1. The fraction of sp³-hybridized carbons (Fsp3) is 0.857. The number of carboxylic acids is 1. The lowest BCUT2D eigenvalue weighted by Gasteiger charge is -2.38. The number of hydrogen-bond donors (Lipinski definition) is 3. The molecule has 0 spiro atoms. The Kier molecular flexibility index (Phi) is 5.35. The number of rotatable bonds is 6. The molecule has 2 unspecified atom stereocenters. The lowest BCUT2D eigenvalue weighted by Crippen LogP contribution is -2.59. The SMILES string of the molecule is CCCC(C)(NC(=O)C1(CC)CCCNC1)C(=O)O. The fourth-order valence-electron chi connectivity index (χ4n) is 2.73. The highest BCUT2D eigenvalue weighted by Gasteiger charge is 2.43. The molecule has 1 fully saturated rings. The topological polar surface area (TPSA) is 78.4 Å². The molecule has 0 radical (unpaired) electrons. The maximum Gasteiger partial charge on any atom is 0.329 e. The van der Waals surface area contributed by atoms with Crippen LogP contribution in [0.5, 0.6) is 0 Å². The van der Waals surface area contributed by atoms with Gasteiger partial charge in [0.1, 0.15) is 5.54 Å². The molecule has 3 N–H and O–H groups in total. The fourth-order valence-corrected chi connectivity index (χ4v) is 2.73. The maximum atomic E-state index is 12.5. The van der Waals surface area contributed by atoms with Crippen molar-refractivity contribution in [2.45, 2.75) is 58.4 Å². The summed E-state index contributed by atoms with van der Waals surface area (Å²) in [4.78, 5) is 23.9. The molecule has 1 saturated heterocycles. The molecule has 110 valence electrons. The molecule has 0 bridgehead atoms. The predicted octanol–water partition coefficient (Wildman–Crippen LogP) is 1.53. The van der Waals surface area contributed by atoms with Gasteiger partial charge in [-0.1, -0.05) is 20.3 Å². The number of carbonyl (C=O) groups excluding carboxylic acids is 1. The van der Waals surface area contributed by atoms with Crippen LogP contribution in [0.1, 0.15) is 52.9 Å². The van der Waals surface area contributed by atoms with Gasteiger partial charge in [0.2, 0.25) is 5.91 Å². The summed E-state index contributed by atoms with van der Waals surface area (Å²) in [6.45, 7) is 7.07. The summed E-state index contributed by atoms with van der Waals surface area (Å²) in [5.41, 5.74) is -1.62. The lowest BCUT2D eigenvalue weighted by molar-refractivity contribution is -0.149. The van der Waals surface area contributed by atoms with Crippen molar-refractivity contribution in [2.24, 2.45) is 5.41 Å². The number of carboxylic acid groups (broad SMARTS) is 1. The van der Waals surface area contributed by atoms with Crippen LogP contribution in [0.2, 0.25) is 0 Å². The van der Waals surface area contributed by atoms with Gasteiger partial charge in [-0.15, -0.1) is 0 Å². The molecule has 19 heavy (non-hydrogen) atoms. The molecule has 5 heteroatoms. The van der Waals surface area contributed by atoms with Crippen LogP contribution < -0.4 is 10.6 Å². The molecule has 0 saturated carbocycles. The van der Waals surface area contributed by atoms with E-state index in [2.05, 4.69) is 10.6 Å². The van der Waals surface area contributed by atoms with E-state index in [1.165, 1.54) is 0 Å². The van der Waals surface area contributed by atoms with Gasteiger partial charge in [0.15, 0.2) is 0 Å². The van der Waals surface area contributed by atoms with Crippen LogP contribution in [0.4, 0.5) is 0 Å². The third-order valence-electron chi connectivity index (χ3n) is 4.24. The van der Waals surface area contributed by atoms with Gasteiger partial charge in [-0.3, -0.25) is 4.79 Å². The van der Waals surface area contributed by atoms with E-state index in [0.717, 1.165) is 32.2 Å². The van der Waals surface area contributed by atoms with Crippen LogP contribution in [0, 0.1) is 5.41 Å². The Balaban J connectivity index is 2.83. The van der Waals surface area contributed by atoms with Crippen LogP contribution >= 0.6 is 0 Å². The van der Waals surface area contributed by atoms with Crippen LogP contribution in [0.15, 0.2) is 0 Å². The molecule has 0 aromatic heterocycles. The molecule has 1 amide bonds. The van der Waals surface area contributed by atoms with Crippen molar-refractivity contribution in [3.8, 4) is 0 Å². The summed E-state index contributed by atoms with van der Waals surface area (Å²) in [6.07, 6.45) is 3.68. The number of hydrogen-bond acceptors (Lipinski definition) is 3. The van der Waals surface area contributed by atoms with Gasteiger partial charge >= 0.3 is 5.97 Å². The van der Waals surface area contributed by atoms with Crippen LogP contribution in [-0.4, -0.2) is 35.6 Å². The van der Waals surface area contributed by atoms with Gasteiger partial charge in [-0.2, -0.15) is 0 Å². The quantitative estimate of drug-likeness (QED) is 0.684. The van der Waals surface area contributed by atoms with Crippen molar-refractivity contribution in [1.82, 2.24) is 10.6 Å². The zero-order chi connectivity index (χ0) is 14.5. The van der Waals surface area contributed by atoms with Crippen LogP contribution in [0.3, 0.4) is 0 Å². The molecule has 0 aliphatic carbocycles. The van der Waals surface area contributed by atoms with E-state index >= 15 is 0 Å². The number of carbonyl (C=O) groups is 2. The smallest absolute Gasteiger partial charge is 0.329 e. The second kappa shape index (κ2) is 6.37. The molecule has 1 aliphatic heterocycles. The molecule has 0 aromatic rings. The van der Waals surface area contributed by atoms with E-state index in [1.807, 2.05) is 13.8 Å². The molecule has 1 aliphatic rings. The second-order valence-electron chi connectivity index (χ2n) is 5.76. The molecule has 1 rings (SSSR count). The Morgan fingerprint density at radius 1 is 1.42 bits per heavy atom. The minimum atomic E-state index is -1.16. The Bertz CT molecular complexity index is 338. The van der Waals surface area contributed by atoms with E-state index in [0.29, 0.717) is 13.0 Å². The standard InChI is InChI=1S/C14H26N2O3/c1-4-7-13(3,12(18)19)16-11(17)14(5-2)8-6-9-15-10-14/h15H,4-10H2,1-3H3,(H,16,17)(H,18,19). The average molecular weight is 270 g/mol. The van der Waals surface area contributed by atoms with Gasteiger partial charge in [0.05, 0.1) is 5.41 Å². The minimum Gasteiger partial charge on any atom is -0.480 e. The summed E-state index contributed by atoms with van der Waals surface area (Å²) in [5, 5.41) is 15.4. The van der Waals surface area contributed by atoms with Crippen molar-refractivity contribution >= 4 is 11.9 Å². The number of amides is 1. The summed E-state index contributed by atoms with van der Waals surface area (Å²) < 4.78 is 0. The van der Waals surface area contributed by atoms with Crippen molar-refractivity contribution in [3.05, 3.63) is 0 Å². The molecular weight excluding hydrogens is 244 g/mol. The van der Waals surface area contributed by atoms with Gasteiger partial charge in [0, 0.05) is 6.54 Å².